The van der Waals surface area contributed by atoms with Crippen molar-refractivity contribution in [2.45, 2.75) is 0 Å². The van der Waals surface area contributed by atoms with E-state index in [9.17, 15) is 18.4 Å². The number of ether oxygens (including phenoxy) is 1. The molecule has 5 nitrogen and oxygen atoms in total. The fourth-order valence-corrected chi connectivity index (χ4v) is 2.29. The van der Waals surface area contributed by atoms with Crippen LogP contribution in [0.3, 0.4) is 0 Å². The van der Waals surface area contributed by atoms with Gasteiger partial charge in [0.25, 0.3) is 5.91 Å². The number of nitrogens with zero attached hydrogens (tertiary/aromatic N) is 1. The van der Waals surface area contributed by atoms with E-state index in [2.05, 4.69) is 15.0 Å². The molecule has 0 spiro atoms. The number of amides is 1. The molecule has 1 N–H and O–H groups in total. The maximum absolute atomic E-state index is 13.9. The third-order valence-corrected chi connectivity index (χ3v) is 3.54. The van der Waals surface area contributed by atoms with Crippen molar-refractivity contribution in [2.75, 3.05) is 12.4 Å². The number of anilines is 1. The number of pyridine rings is 1. The molecular formula is C18H12F2N2O3. The van der Waals surface area contributed by atoms with Gasteiger partial charge in [0.1, 0.15) is 17.3 Å². The topological polar surface area (TPSA) is 68.3 Å². The molecule has 1 heterocycles. The van der Waals surface area contributed by atoms with Gasteiger partial charge in [-0.15, -0.1) is 0 Å². The van der Waals surface area contributed by atoms with Gasteiger partial charge in [0.2, 0.25) is 0 Å². The number of halogens is 2. The van der Waals surface area contributed by atoms with Gasteiger partial charge < -0.3 is 10.1 Å². The zero-order valence-electron chi connectivity index (χ0n) is 13.0. The smallest absolute Gasteiger partial charge is 0.340 e. The highest BCUT2D eigenvalue weighted by Gasteiger charge is 2.18. The molecule has 0 atom stereocenters. The minimum atomic E-state index is -1.08. The Hall–Kier alpha value is -3.35. The molecule has 0 aliphatic carbocycles. The van der Waals surface area contributed by atoms with Crippen molar-refractivity contribution in [1.82, 2.24) is 4.98 Å². The van der Waals surface area contributed by atoms with Crippen LogP contribution < -0.4 is 5.32 Å². The van der Waals surface area contributed by atoms with Crippen LogP contribution in [-0.4, -0.2) is 24.0 Å². The van der Waals surface area contributed by atoms with Crippen LogP contribution in [0.1, 0.15) is 20.8 Å². The minimum absolute atomic E-state index is 0.0574. The molecule has 0 bridgehead atoms. The van der Waals surface area contributed by atoms with E-state index < -0.39 is 29.1 Å². The van der Waals surface area contributed by atoms with Gasteiger partial charge in [0, 0.05) is 11.5 Å². The van der Waals surface area contributed by atoms with Gasteiger partial charge in [0.05, 0.1) is 23.9 Å². The Morgan fingerprint density at radius 3 is 2.56 bits per heavy atom. The quantitative estimate of drug-likeness (QED) is 0.739. The van der Waals surface area contributed by atoms with Crippen LogP contribution in [0.4, 0.5) is 14.5 Å². The number of para-hydroxylation sites is 1. The van der Waals surface area contributed by atoms with Gasteiger partial charge in [-0.3, -0.25) is 4.79 Å². The summed E-state index contributed by atoms with van der Waals surface area (Å²) in [7, 11) is 1.07. The number of nitrogens with one attached hydrogen (secondary N) is 1. The molecule has 0 aliphatic heterocycles. The van der Waals surface area contributed by atoms with Crippen molar-refractivity contribution < 1.29 is 23.1 Å². The van der Waals surface area contributed by atoms with Gasteiger partial charge in [0.15, 0.2) is 0 Å². The molecule has 0 fully saturated rings. The fraction of sp³-hybridized carbons (Fsp3) is 0.0556. The molecule has 25 heavy (non-hydrogen) atoms. The highest BCUT2D eigenvalue weighted by atomic mass is 19.1. The molecule has 3 aromatic rings. The first-order valence-electron chi connectivity index (χ1n) is 7.24. The number of rotatable bonds is 3. The number of hydrogen-bond acceptors (Lipinski definition) is 4. The monoisotopic (exact) mass is 342 g/mol. The molecule has 0 unspecified atom stereocenters. The van der Waals surface area contributed by atoms with E-state index >= 15 is 0 Å². The third kappa shape index (κ3) is 3.30. The highest BCUT2D eigenvalue weighted by molar-refractivity contribution is 6.04. The Kier molecular flexibility index (Phi) is 4.38. The van der Waals surface area contributed by atoms with E-state index in [4.69, 9.17) is 0 Å². The molecule has 0 radical (unpaired) electrons. The largest absolute Gasteiger partial charge is 0.465 e. The third-order valence-electron chi connectivity index (χ3n) is 3.54. The van der Waals surface area contributed by atoms with Crippen molar-refractivity contribution in [3.63, 3.8) is 0 Å². The molecule has 0 aliphatic rings. The fourth-order valence-electron chi connectivity index (χ4n) is 2.29. The predicted molar refractivity (Wildman–Crippen MR) is 87.4 cm³/mol. The second-order valence-electron chi connectivity index (χ2n) is 5.15. The SMILES string of the molecule is COC(=O)c1cc(NC(=O)c2ccc3ccccc3n2)c(F)cc1F. The Morgan fingerprint density at radius 2 is 1.80 bits per heavy atom. The van der Waals surface area contributed by atoms with Crippen LogP contribution >= 0.6 is 0 Å². The molecule has 2 aromatic carbocycles. The first-order valence-corrected chi connectivity index (χ1v) is 7.24. The zero-order valence-corrected chi connectivity index (χ0v) is 13.0. The van der Waals surface area contributed by atoms with Crippen LogP contribution in [-0.2, 0) is 4.74 Å². The predicted octanol–water partition coefficient (Wildman–Crippen LogP) is 3.55. The van der Waals surface area contributed by atoms with Gasteiger partial charge in [-0.2, -0.15) is 0 Å². The van der Waals surface area contributed by atoms with E-state index in [0.29, 0.717) is 11.6 Å². The number of carbonyl (C=O) groups is 2. The van der Waals surface area contributed by atoms with E-state index in [1.165, 1.54) is 6.07 Å². The number of fused-ring (bicyclic) bond motifs is 1. The van der Waals surface area contributed by atoms with Crippen molar-refractivity contribution >= 4 is 28.5 Å². The second kappa shape index (κ2) is 6.64. The van der Waals surface area contributed by atoms with Gasteiger partial charge in [-0.05, 0) is 18.2 Å². The summed E-state index contributed by atoms with van der Waals surface area (Å²) in [5.74, 6) is -3.76. The zero-order chi connectivity index (χ0) is 18.0. The normalized spacial score (nSPS) is 10.5. The number of carbonyl (C=O) groups excluding carboxylic acids is 2. The summed E-state index contributed by atoms with van der Waals surface area (Å²) in [6.45, 7) is 0. The summed E-state index contributed by atoms with van der Waals surface area (Å²) >= 11 is 0. The van der Waals surface area contributed by atoms with Crippen molar-refractivity contribution in [3.8, 4) is 0 Å². The number of aromatic nitrogens is 1. The Morgan fingerprint density at radius 1 is 1.04 bits per heavy atom. The van der Waals surface area contributed by atoms with Crippen LogP contribution in [0.2, 0.25) is 0 Å². The summed E-state index contributed by atoms with van der Waals surface area (Å²) in [5.41, 5.74) is -0.167. The lowest BCUT2D eigenvalue weighted by atomic mass is 10.1. The van der Waals surface area contributed by atoms with E-state index in [1.807, 2.05) is 12.1 Å². The average molecular weight is 342 g/mol. The molecule has 3 rings (SSSR count). The summed E-state index contributed by atoms with van der Waals surface area (Å²) in [6.07, 6.45) is 0. The second-order valence-corrected chi connectivity index (χ2v) is 5.15. The standard InChI is InChI=1S/C18H12F2N2O3/c1-25-18(24)11-8-16(13(20)9-12(11)19)22-17(23)15-7-6-10-4-2-3-5-14(10)21-15/h2-9H,1H3,(H,22,23). The van der Waals surface area contributed by atoms with Crippen LogP contribution in [0.25, 0.3) is 10.9 Å². The Balaban J connectivity index is 1.92. The van der Waals surface area contributed by atoms with Crippen molar-refractivity contribution in [2.24, 2.45) is 0 Å². The van der Waals surface area contributed by atoms with Crippen LogP contribution in [0.5, 0.6) is 0 Å². The lowest BCUT2D eigenvalue weighted by Gasteiger charge is -2.09. The lowest BCUT2D eigenvalue weighted by molar-refractivity contribution is 0.0595. The molecular weight excluding hydrogens is 330 g/mol. The summed E-state index contributed by atoms with van der Waals surface area (Å²) in [4.78, 5) is 28.0. The summed E-state index contributed by atoms with van der Waals surface area (Å²) in [6, 6.07) is 11.8. The average Bonchev–Trinajstić information content (AvgIpc) is 2.62. The van der Waals surface area contributed by atoms with E-state index in [0.717, 1.165) is 18.6 Å². The van der Waals surface area contributed by atoms with Gasteiger partial charge >= 0.3 is 5.97 Å². The Labute approximate surface area is 141 Å². The minimum Gasteiger partial charge on any atom is -0.465 e. The molecule has 7 heteroatoms. The van der Waals surface area contributed by atoms with Crippen molar-refractivity contribution in [1.29, 1.82) is 0 Å². The van der Waals surface area contributed by atoms with Crippen LogP contribution in [0, 0.1) is 11.6 Å². The first kappa shape index (κ1) is 16.5. The summed E-state index contributed by atoms with van der Waals surface area (Å²) in [5, 5.41) is 3.13. The number of esters is 1. The van der Waals surface area contributed by atoms with E-state index in [-0.39, 0.29) is 11.4 Å². The van der Waals surface area contributed by atoms with Crippen molar-refractivity contribution in [3.05, 3.63) is 71.4 Å². The van der Waals surface area contributed by atoms with E-state index in [1.54, 1.807) is 18.2 Å². The Bertz CT molecular complexity index is 989. The maximum Gasteiger partial charge on any atom is 0.340 e. The lowest BCUT2D eigenvalue weighted by Crippen LogP contribution is -2.16. The molecule has 1 aromatic heterocycles. The molecule has 126 valence electrons. The van der Waals surface area contributed by atoms with Crippen LogP contribution in [0.15, 0.2) is 48.5 Å². The first-order chi connectivity index (χ1) is 12.0. The van der Waals surface area contributed by atoms with Gasteiger partial charge in [-0.1, -0.05) is 24.3 Å². The molecule has 0 saturated heterocycles. The number of benzene rings is 2. The highest BCUT2D eigenvalue weighted by Crippen LogP contribution is 2.21. The summed E-state index contributed by atoms with van der Waals surface area (Å²) < 4.78 is 32.0. The molecule has 0 saturated carbocycles. The molecule has 1 amide bonds. The number of methoxy groups -OCH3 is 1. The van der Waals surface area contributed by atoms with Gasteiger partial charge in [-0.25, -0.2) is 18.6 Å². The maximum atomic E-state index is 13.9. The number of hydrogen-bond donors (Lipinski definition) is 1.